The van der Waals surface area contributed by atoms with Crippen LogP contribution < -0.4 is 20.1 Å². The first-order valence-corrected chi connectivity index (χ1v) is 9.66. The van der Waals surface area contributed by atoms with Gasteiger partial charge in [0.15, 0.2) is 5.13 Å². The van der Waals surface area contributed by atoms with Crippen molar-refractivity contribution in [1.29, 1.82) is 0 Å². The summed E-state index contributed by atoms with van der Waals surface area (Å²) >= 11 is 1.38. The van der Waals surface area contributed by atoms with Gasteiger partial charge in [-0.3, -0.25) is 9.59 Å². The summed E-state index contributed by atoms with van der Waals surface area (Å²) in [4.78, 5) is 28.7. The molecule has 7 nitrogen and oxygen atoms in total. The first-order chi connectivity index (χ1) is 13.6. The molecule has 0 radical (unpaired) electrons. The number of rotatable bonds is 8. The summed E-state index contributed by atoms with van der Waals surface area (Å²) in [5.74, 6) is 0.913. The van der Waals surface area contributed by atoms with Crippen molar-refractivity contribution in [2.24, 2.45) is 0 Å². The van der Waals surface area contributed by atoms with Gasteiger partial charge in [-0.25, -0.2) is 4.98 Å². The minimum absolute atomic E-state index is 0.149. The number of carbonyl (C=O) groups is 2. The number of amides is 2. The third-order valence-electron chi connectivity index (χ3n) is 3.89. The Morgan fingerprint density at radius 1 is 1.14 bits per heavy atom. The maximum absolute atomic E-state index is 12.1. The van der Waals surface area contributed by atoms with Crippen LogP contribution in [0.5, 0.6) is 11.5 Å². The van der Waals surface area contributed by atoms with E-state index in [2.05, 4.69) is 15.6 Å². The van der Waals surface area contributed by atoms with Gasteiger partial charge in [-0.15, -0.1) is 0 Å². The first-order valence-electron chi connectivity index (χ1n) is 8.84. The second-order valence-electron chi connectivity index (χ2n) is 5.87. The van der Waals surface area contributed by atoms with Gasteiger partial charge in [0.1, 0.15) is 11.5 Å². The summed E-state index contributed by atoms with van der Waals surface area (Å²) in [5, 5.41) is 6.02. The van der Waals surface area contributed by atoms with Crippen LogP contribution in [0.3, 0.4) is 0 Å². The minimum atomic E-state index is -0.254. The van der Waals surface area contributed by atoms with E-state index >= 15 is 0 Å². The molecule has 3 rings (SSSR count). The molecule has 0 unspecified atom stereocenters. The molecular formula is C20H21N3O4S. The number of ether oxygens (including phenoxy) is 2. The van der Waals surface area contributed by atoms with Crippen molar-refractivity contribution in [3.63, 3.8) is 0 Å². The van der Waals surface area contributed by atoms with Crippen LogP contribution in [0.2, 0.25) is 0 Å². The summed E-state index contributed by atoms with van der Waals surface area (Å²) in [6.07, 6.45) is 0.149. The van der Waals surface area contributed by atoms with Gasteiger partial charge in [0, 0.05) is 18.5 Å². The number of nitrogens with one attached hydrogen (secondary N) is 2. The van der Waals surface area contributed by atoms with E-state index < -0.39 is 0 Å². The number of hydrogen-bond acceptors (Lipinski definition) is 6. The van der Waals surface area contributed by atoms with Crippen LogP contribution in [0, 0.1) is 0 Å². The Labute approximate surface area is 166 Å². The Balaban J connectivity index is 1.51. The van der Waals surface area contributed by atoms with Gasteiger partial charge in [-0.2, -0.15) is 0 Å². The van der Waals surface area contributed by atoms with Gasteiger partial charge in [0.2, 0.25) is 5.91 Å². The quantitative estimate of drug-likeness (QED) is 0.605. The summed E-state index contributed by atoms with van der Waals surface area (Å²) in [6, 6.07) is 12.5. The topological polar surface area (TPSA) is 89.5 Å². The Morgan fingerprint density at radius 2 is 2.00 bits per heavy atom. The fourth-order valence-corrected chi connectivity index (χ4v) is 3.46. The maximum atomic E-state index is 12.1. The molecule has 28 heavy (non-hydrogen) atoms. The molecule has 0 atom stereocenters. The lowest BCUT2D eigenvalue weighted by Gasteiger charge is -2.06. The van der Waals surface area contributed by atoms with E-state index in [-0.39, 0.29) is 24.8 Å². The molecule has 0 saturated heterocycles. The molecule has 8 heteroatoms. The van der Waals surface area contributed by atoms with Gasteiger partial charge >= 0.3 is 0 Å². The number of benzene rings is 2. The van der Waals surface area contributed by atoms with Gasteiger partial charge in [-0.1, -0.05) is 17.4 Å². The van der Waals surface area contributed by atoms with Crippen molar-refractivity contribution in [2.75, 3.05) is 25.6 Å². The molecular weight excluding hydrogens is 378 g/mol. The molecule has 1 aromatic heterocycles. The van der Waals surface area contributed by atoms with Crippen molar-refractivity contribution in [2.45, 2.75) is 13.3 Å². The zero-order valence-electron chi connectivity index (χ0n) is 15.7. The largest absolute Gasteiger partial charge is 0.497 e. The SMILES string of the molecule is CCOc1ccc2nc(NC(=O)CCNC(=O)c3cccc(OC)c3)sc2c1. The van der Waals surface area contributed by atoms with E-state index in [9.17, 15) is 9.59 Å². The molecule has 146 valence electrons. The van der Waals surface area contributed by atoms with Crippen molar-refractivity contribution in [3.8, 4) is 11.5 Å². The predicted octanol–water partition coefficient (Wildman–Crippen LogP) is 3.46. The minimum Gasteiger partial charge on any atom is -0.497 e. The normalized spacial score (nSPS) is 10.5. The van der Waals surface area contributed by atoms with Crippen molar-refractivity contribution < 1.29 is 19.1 Å². The molecule has 0 aliphatic heterocycles. The monoisotopic (exact) mass is 399 g/mol. The number of fused-ring (bicyclic) bond motifs is 1. The van der Waals surface area contributed by atoms with E-state index in [1.54, 1.807) is 31.4 Å². The molecule has 0 fully saturated rings. The van der Waals surface area contributed by atoms with E-state index in [0.29, 0.717) is 23.1 Å². The predicted molar refractivity (Wildman–Crippen MR) is 109 cm³/mol. The lowest BCUT2D eigenvalue weighted by molar-refractivity contribution is -0.116. The number of thiazole rings is 1. The highest BCUT2D eigenvalue weighted by molar-refractivity contribution is 7.22. The van der Waals surface area contributed by atoms with Gasteiger partial charge in [-0.05, 0) is 43.3 Å². The number of carbonyl (C=O) groups excluding carboxylic acids is 2. The van der Waals surface area contributed by atoms with Crippen molar-refractivity contribution >= 4 is 38.5 Å². The second kappa shape index (κ2) is 9.18. The molecule has 0 aliphatic rings. The van der Waals surface area contributed by atoms with Crippen LogP contribution >= 0.6 is 11.3 Å². The van der Waals surface area contributed by atoms with E-state index in [4.69, 9.17) is 9.47 Å². The number of hydrogen-bond donors (Lipinski definition) is 2. The van der Waals surface area contributed by atoms with Gasteiger partial charge in [0.05, 0.1) is 23.9 Å². The molecule has 0 bridgehead atoms. The Hall–Kier alpha value is -3.13. The zero-order valence-corrected chi connectivity index (χ0v) is 16.5. The van der Waals surface area contributed by atoms with Crippen molar-refractivity contribution in [1.82, 2.24) is 10.3 Å². The number of nitrogens with zero attached hydrogens (tertiary/aromatic N) is 1. The lowest BCUT2D eigenvalue weighted by atomic mass is 10.2. The van der Waals surface area contributed by atoms with Crippen LogP contribution in [-0.2, 0) is 4.79 Å². The first kappa shape index (κ1) is 19.6. The number of aromatic nitrogens is 1. The van der Waals surface area contributed by atoms with E-state index in [1.165, 1.54) is 11.3 Å². The molecule has 2 N–H and O–H groups in total. The Bertz CT molecular complexity index is 986. The fourth-order valence-electron chi connectivity index (χ4n) is 2.55. The van der Waals surface area contributed by atoms with Crippen LogP contribution in [0.25, 0.3) is 10.2 Å². The highest BCUT2D eigenvalue weighted by Crippen LogP contribution is 2.29. The highest BCUT2D eigenvalue weighted by Gasteiger charge is 2.10. The third kappa shape index (κ3) is 4.98. The fraction of sp³-hybridized carbons (Fsp3) is 0.250. The molecule has 3 aromatic rings. The average Bonchev–Trinajstić information content (AvgIpc) is 3.09. The Morgan fingerprint density at radius 3 is 2.79 bits per heavy atom. The standard InChI is InChI=1S/C20H21N3O4S/c1-3-27-15-7-8-16-17(12-15)28-20(22-16)23-18(24)9-10-21-19(25)13-5-4-6-14(11-13)26-2/h4-8,11-12H,3,9-10H2,1-2H3,(H,21,25)(H,22,23,24). The maximum Gasteiger partial charge on any atom is 0.251 e. The second-order valence-corrected chi connectivity index (χ2v) is 6.90. The van der Waals surface area contributed by atoms with Crippen LogP contribution in [0.15, 0.2) is 42.5 Å². The third-order valence-corrected chi connectivity index (χ3v) is 4.82. The van der Waals surface area contributed by atoms with Crippen LogP contribution in [0.1, 0.15) is 23.7 Å². The van der Waals surface area contributed by atoms with Crippen LogP contribution in [-0.4, -0.2) is 37.1 Å². The number of anilines is 1. The average molecular weight is 399 g/mol. The van der Waals surface area contributed by atoms with E-state index in [0.717, 1.165) is 16.0 Å². The van der Waals surface area contributed by atoms with Crippen LogP contribution in [0.4, 0.5) is 5.13 Å². The summed E-state index contributed by atoms with van der Waals surface area (Å²) in [5.41, 5.74) is 1.28. The van der Waals surface area contributed by atoms with Gasteiger partial charge in [0.25, 0.3) is 5.91 Å². The lowest BCUT2D eigenvalue weighted by Crippen LogP contribution is -2.27. The van der Waals surface area contributed by atoms with E-state index in [1.807, 2.05) is 25.1 Å². The summed E-state index contributed by atoms with van der Waals surface area (Å²) < 4.78 is 11.5. The molecule has 1 heterocycles. The smallest absolute Gasteiger partial charge is 0.251 e. The molecule has 2 amide bonds. The molecule has 0 saturated carbocycles. The zero-order chi connectivity index (χ0) is 19.9. The molecule has 2 aromatic carbocycles. The highest BCUT2D eigenvalue weighted by atomic mass is 32.1. The number of methoxy groups -OCH3 is 1. The molecule has 0 spiro atoms. The summed E-state index contributed by atoms with van der Waals surface area (Å²) in [7, 11) is 1.54. The Kier molecular flexibility index (Phi) is 6.44. The van der Waals surface area contributed by atoms with Gasteiger partial charge < -0.3 is 20.1 Å². The van der Waals surface area contributed by atoms with Crippen molar-refractivity contribution in [3.05, 3.63) is 48.0 Å². The summed E-state index contributed by atoms with van der Waals surface area (Å²) in [6.45, 7) is 2.74. The molecule has 0 aliphatic carbocycles.